The fraction of sp³-hybridized carbons (Fsp3) is 0.0870. The normalized spacial score (nSPS) is 10.7. The third-order valence-corrected chi connectivity index (χ3v) is 4.90. The average molecular weight is 469 g/mol. The molecule has 0 heterocycles. The molecule has 3 rings (SSSR count). The SMILES string of the molecule is COc1ccc(/C=C/C(=O)c2ccccc2[N+](=O)[O-])cc1COc1ccc([N+](=O)[O-])cc1Cl. The summed E-state index contributed by atoms with van der Waals surface area (Å²) in [4.78, 5) is 33.3. The summed E-state index contributed by atoms with van der Waals surface area (Å²) in [6, 6.07) is 14.7. The predicted molar refractivity (Wildman–Crippen MR) is 122 cm³/mol. The van der Waals surface area contributed by atoms with Crippen molar-refractivity contribution in [2.24, 2.45) is 0 Å². The monoisotopic (exact) mass is 468 g/mol. The minimum atomic E-state index is -0.604. The second-order valence-electron chi connectivity index (χ2n) is 6.70. The van der Waals surface area contributed by atoms with Crippen molar-refractivity contribution in [1.82, 2.24) is 0 Å². The molecule has 10 heteroatoms. The molecule has 0 spiro atoms. The van der Waals surface area contributed by atoms with Crippen molar-refractivity contribution >= 4 is 34.8 Å². The summed E-state index contributed by atoms with van der Waals surface area (Å²) in [5.41, 5.74) is 0.836. The van der Waals surface area contributed by atoms with Crippen molar-refractivity contribution in [2.75, 3.05) is 7.11 Å². The number of methoxy groups -OCH3 is 1. The molecule has 0 fully saturated rings. The maximum atomic E-state index is 12.5. The van der Waals surface area contributed by atoms with Gasteiger partial charge in [0.15, 0.2) is 5.78 Å². The topological polar surface area (TPSA) is 122 Å². The highest BCUT2D eigenvalue weighted by Gasteiger charge is 2.17. The summed E-state index contributed by atoms with van der Waals surface area (Å²) < 4.78 is 11.0. The van der Waals surface area contributed by atoms with Crippen LogP contribution in [0.15, 0.2) is 66.7 Å². The molecule has 3 aromatic carbocycles. The van der Waals surface area contributed by atoms with E-state index in [2.05, 4.69) is 0 Å². The molecule has 0 aliphatic carbocycles. The smallest absolute Gasteiger partial charge is 0.280 e. The number of carbonyl (C=O) groups excluding carboxylic acids is 1. The van der Waals surface area contributed by atoms with Crippen LogP contribution in [0.1, 0.15) is 21.5 Å². The van der Waals surface area contributed by atoms with Crippen LogP contribution in [-0.4, -0.2) is 22.7 Å². The van der Waals surface area contributed by atoms with E-state index in [4.69, 9.17) is 21.1 Å². The molecule has 9 nitrogen and oxygen atoms in total. The fourth-order valence-corrected chi connectivity index (χ4v) is 3.22. The van der Waals surface area contributed by atoms with Gasteiger partial charge in [-0.15, -0.1) is 0 Å². The lowest BCUT2D eigenvalue weighted by Crippen LogP contribution is -2.01. The summed E-state index contributed by atoms with van der Waals surface area (Å²) in [7, 11) is 1.49. The molecule has 0 amide bonds. The number of allylic oxidation sites excluding steroid dienone is 1. The van der Waals surface area contributed by atoms with Crippen LogP contribution >= 0.6 is 11.6 Å². The molecule has 0 atom stereocenters. The van der Waals surface area contributed by atoms with E-state index in [0.29, 0.717) is 16.9 Å². The van der Waals surface area contributed by atoms with Crippen molar-refractivity contribution in [1.29, 1.82) is 0 Å². The van der Waals surface area contributed by atoms with Gasteiger partial charge in [0.2, 0.25) is 0 Å². The summed E-state index contributed by atoms with van der Waals surface area (Å²) in [5.74, 6) is 0.278. The van der Waals surface area contributed by atoms with Crippen molar-refractivity contribution in [3.8, 4) is 11.5 Å². The highest BCUT2D eigenvalue weighted by atomic mass is 35.5. The van der Waals surface area contributed by atoms with Crippen molar-refractivity contribution in [3.63, 3.8) is 0 Å². The van der Waals surface area contributed by atoms with E-state index in [-0.39, 0.29) is 34.3 Å². The van der Waals surface area contributed by atoms with Gasteiger partial charge in [0, 0.05) is 23.8 Å². The molecule has 0 aromatic heterocycles. The number of non-ortho nitro benzene ring substituents is 1. The van der Waals surface area contributed by atoms with Crippen LogP contribution in [0, 0.1) is 20.2 Å². The van der Waals surface area contributed by atoms with E-state index in [1.807, 2.05) is 0 Å². The standard InChI is InChI=1S/C23H17ClN2O7/c1-32-22-10-7-15(6-9-21(27)18-4-2-3-5-20(18)26(30)31)12-16(22)14-33-23-11-8-17(25(28)29)13-19(23)24/h2-13H,14H2,1H3/b9-6+. The first-order chi connectivity index (χ1) is 15.8. The van der Waals surface area contributed by atoms with Gasteiger partial charge in [-0.2, -0.15) is 0 Å². The van der Waals surface area contributed by atoms with Crippen LogP contribution in [-0.2, 0) is 6.61 Å². The first-order valence-electron chi connectivity index (χ1n) is 9.49. The first-order valence-corrected chi connectivity index (χ1v) is 9.87. The van der Waals surface area contributed by atoms with E-state index < -0.39 is 15.6 Å². The van der Waals surface area contributed by atoms with Gasteiger partial charge in [-0.1, -0.05) is 35.9 Å². The number of benzene rings is 3. The van der Waals surface area contributed by atoms with E-state index in [1.165, 1.54) is 55.7 Å². The quantitative estimate of drug-likeness (QED) is 0.172. The Morgan fingerprint density at radius 1 is 1.00 bits per heavy atom. The number of para-hydroxylation sites is 1. The Bertz CT molecular complexity index is 1260. The molecule has 3 aromatic rings. The highest BCUT2D eigenvalue weighted by molar-refractivity contribution is 6.32. The number of hydrogen-bond acceptors (Lipinski definition) is 7. The summed E-state index contributed by atoms with van der Waals surface area (Å²) >= 11 is 6.07. The van der Waals surface area contributed by atoms with Gasteiger partial charge in [0.1, 0.15) is 18.1 Å². The van der Waals surface area contributed by atoms with Crippen molar-refractivity contribution in [2.45, 2.75) is 6.61 Å². The van der Waals surface area contributed by atoms with Crippen LogP contribution in [0.3, 0.4) is 0 Å². The summed E-state index contributed by atoms with van der Waals surface area (Å²) in [6.07, 6.45) is 2.78. The lowest BCUT2D eigenvalue weighted by atomic mass is 10.1. The van der Waals surface area contributed by atoms with Crippen LogP contribution < -0.4 is 9.47 Å². The molecule has 0 aliphatic rings. The Morgan fingerprint density at radius 3 is 2.39 bits per heavy atom. The largest absolute Gasteiger partial charge is 0.496 e. The molecule has 33 heavy (non-hydrogen) atoms. The van der Waals surface area contributed by atoms with Gasteiger partial charge in [-0.25, -0.2) is 0 Å². The van der Waals surface area contributed by atoms with Crippen molar-refractivity contribution in [3.05, 3.63) is 109 Å². The highest BCUT2D eigenvalue weighted by Crippen LogP contribution is 2.30. The molecular formula is C23H17ClN2O7. The molecule has 0 saturated heterocycles. The Hall–Kier alpha value is -4.24. The number of hydrogen-bond donors (Lipinski definition) is 0. The molecule has 0 radical (unpaired) electrons. The molecule has 0 N–H and O–H groups in total. The van der Waals surface area contributed by atoms with Crippen LogP contribution in [0.25, 0.3) is 6.08 Å². The minimum absolute atomic E-state index is 0.0105. The number of nitro benzene ring substituents is 2. The maximum absolute atomic E-state index is 12.5. The Balaban J connectivity index is 1.79. The number of nitro groups is 2. The Kier molecular flexibility index (Phi) is 7.37. The summed E-state index contributed by atoms with van der Waals surface area (Å²) in [5, 5.41) is 22.1. The Labute approximate surface area is 193 Å². The van der Waals surface area contributed by atoms with Gasteiger partial charge in [-0.3, -0.25) is 25.0 Å². The fourth-order valence-electron chi connectivity index (χ4n) is 2.99. The number of ketones is 1. The van der Waals surface area contributed by atoms with Crippen LogP contribution in [0.5, 0.6) is 11.5 Å². The van der Waals surface area contributed by atoms with E-state index in [1.54, 1.807) is 24.3 Å². The number of carbonyl (C=O) groups is 1. The van der Waals surface area contributed by atoms with Gasteiger partial charge in [0.25, 0.3) is 11.4 Å². The zero-order valence-corrected chi connectivity index (χ0v) is 18.0. The first kappa shape index (κ1) is 23.4. The number of rotatable bonds is 9. The molecular weight excluding hydrogens is 452 g/mol. The van der Waals surface area contributed by atoms with Gasteiger partial charge in [-0.05, 0) is 35.9 Å². The molecule has 0 aliphatic heterocycles. The lowest BCUT2D eigenvalue weighted by molar-refractivity contribution is -0.385. The second-order valence-corrected chi connectivity index (χ2v) is 7.11. The minimum Gasteiger partial charge on any atom is -0.496 e. The van der Waals surface area contributed by atoms with E-state index in [9.17, 15) is 25.0 Å². The number of nitrogens with zero attached hydrogens (tertiary/aromatic N) is 2. The van der Waals surface area contributed by atoms with Crippen molar-refractivity contribution < 1.29 is 24.1 Å². The van der Waals surface area contributed by atoms with E-state index in [0.717, 1.165) is 0 Å². The molecule has 0 bridgehead atoms. The Morgan fingerprint density at radius 2 is 1.73 bits per heavy atom. The number of halogens is 1. The zero-order valence-electron chi connectivity index (χ0n) is 17.3. The predicted octanol–water partition coefficient (Wildman–Crippen LogP) is 5.64. The zero-order chi connectivity index (χ0) is 24.0. The third kappa shape index (κ3) is 5.72. The van der Waals surface area contributed by atoms with Gasteiger partial charge >= 0.3 is 0 Å². The molecule has 0 unspecified atom stereocenters. The van der Waals surface area contributed by atoms with Crippen LogP contribution in [0.4, 0.5) is 11.4 Å². The summed E-state index contributed by atoms with van der Waals surface area (Å²) in [6.45, 7) is 0.0422. The maximum Gasteiger partial charge on any atom is 0.280 e. The van der Waals surface area contributed by atoms with Gasteiger partial charge < -0.3 is 9.47 Å². The van der Waals surface area contributed by atoms with Crippen LogP contribution in [0.2, 0.25) is 5.02 Å². The average Bonchev–Trinajstić information content (AvgIpc) is 2.81. The lowest BCUT2D eigenvalue weighted by Gasteiger charge is -2.12. The number of ether oxygens (including phenoxy) is 2. The molecule has 168 valence electrons. The third-order valence-electron chi connectivity index (χ3n) is 4.61. The van der Waals surface area contributed by atoms with E-state index >= 15 is 0 Å². The van der Waals surface area contributed by atoms with Gasteiger partial charge in [0.05, 0.1) is 27.5 Å². The molecule has 0 saturated carbocycles. The second kappa shape index (κ2) is 10.4.